The van der Waals surface area contributed by atoms with E-state index >= 15 is 0 Å². The van der Waals surface area contributed by atoms with Gasteiger partial charge in [0, 0.05) is 13.1 Å². The molecule has 4 heteroatoms. The van der Waals surface area contributed by atoms with E-state index in [1.165, 1.54) is 0 Å². The highest BCUT2D eigenvalue weighted by molar-refractivity contribution is 5.74. The van der Waals surface area contributed by atoms with Crippen molar-refractivity contribution in [3.05, 3.63) is 29.8 Å². The number of likely N-dealkylation sites (tertiary alicyclic amines) is 1. The zero-order valence-electron chi connectivity index (χ0n) is 12.4. The Morgan fingerprint density at radius 1 is 1.35 bits per heavy atom. The number of hydrogen-bond donors (Lipinski definition) is 1. The van der Waals surface area contributed by atoms with Gasteiger partial charge >= 0.3 is 6.03 Å². The number of nitrogens with one attached hydrogen (secondary N) is 1. The summed E-state index contributed by atoms with van der Waals surface area (Å²) in [5.41, 5.74) is 1.16. The number of para-hydroxylation sites is 1. The lowest BCUT2D eigenvalue weighted by atomic mass is 10.00. The Labute approximate surface area is 121 Å². The van der Waals surface area contributed by atoms with Gasteiger partial charge in [-0.1, -0.05) is 32.0 Å². The predicted molar refractivity (Wildman–Crippen MR) is 79.8 cm³/mol. The first-order valence-electron chi connectivity index (χ1n) is 7.44. The lowest BCUT2D eigenvalue weighted by molar-refractivity contribution is 0.163. The Morgan fingerprint density at radius 3 is 2.75 bits per heavy atom. The van der Waals surface area contributed by atoms with E-state index in [9.17, 15) is 4.79 Å². The van der Waals surface area contributed by atoms with Crippen molar-refractivity contribution in [1.82, 2.24) is 10.2 Å². The molecule has 0 atom stereocenters. The summed E-state index contributed by atoms with van der Waals surface area (Å²) in [5, 5.41) is 2.83. The van der Waals surface area contributed by atoms with Crippen LogP contribution < -0.4 is 10.1 Å². The number of rotatable bonds is 4. The zero-order valence-corrected chi connectivity index (χ0v) is 12.4. The van der Waals surface area contributed by atoms with Crippen LogP contribution in [0.15, 0.2) is 24.3 Å². The summed E-state index contributed by atoms with van der Waals surface area (Å²) in [6.45, 7) is 6.24. The van der Waals surface area contributed by atoms with Crippen LogP contribution in [0.4, 0.5) is 4.79 Å². The molecule has 0 radical (unpaired) electrons. The zero-order chi connectivity index (χ0) is 14.4. The number of urea groups is 1. The second-order valence-corrected chi connectivity index (χ2v) is 5.40. The van der Waals surface area contributed by atoms with E-state index in [4.69, 9.17) is 4.74 Å². The van der Waals surface area contributed by atoms with Crippen LogP contribution in [0.3, 0.4) is 0 Å². The Balaban J connectivity index is 1.76. The van der Waals surface area contributed by atoms with Crippen molar-refractivity contribution in [2.75, 3.05) is 19.8 Å². The van der Waals surface area contributed by atoms with Gasteiger partial charge in [-0.05, 0) is 36.8 Å². The molecule has 0 bridgehead atoms. The maximum Gasteiger partial charge on any atom is 0.320 e. The van der Waals surface area contributed by atoms with Gasteiger partial charge in [0.05, 0.1) is 0 Å². The first-order chi connectivity index (χ1) is 9.70. The quantitative estimate of drug-likeness (QED) is 0.859. The molecule has 1 saturated heterocycles. The average Bonchev–Trinajstić information content (AvgIpc) is 2.48. The van der Waals surface area contributed by atoms with Crippen molar-refractivity contribution in [3.8, 4) is 5.75 Å². The third-order valence-electron chi connectivity index (χ3n) is 3.88. The highest BCUT2D eigenvalue weighted by atomic mass is 16.5. The number of amides is 2. The molecule has 0 saturated carbocycles. The summed E-state index contributed by atoms with van der Waals surface area (Å²) in [7, 11) is 0. The van der Waals surface area contributed by atoms with E-state index in [1.807, 2.05) is 29.2 Å². The van der Waals surface area contributed by atoms with Crippen LogP contribution in [0.25, 0.3) is 0 Å². The fourth-order valence-corrected chi connectivity index (χ4v) is 2.44. The summed E-state index contributed by atoms with van der Waals surface area (Å²) in [5.74, 6) is 1.58. The molecule has 1 aromatic carbocycles. The Morgan fingerprint density at radius 2 is 2.05 bits per heavy atom. The summed E-state index contributed by atoms with van der Waals surface area (Å²) in [6.07, 6.45) is 3.11. The second-order valence-electron chi connectivity index (χ2n) is 5.40. The maximum absolute atomic E-state index is 12.0. The van der Waals surface area contributed by atoms with Crippen LogP contribution in [0.5, 0.6) is 5.75 Å². The smallest absolute Gasteiger partial charge is 0.320 e. The topological polar surface area (TPSA) is 41.6 Å². The van der Waals surface area contributed by atoms with Crippen molar-refractivity contribution in [2.45, 2.75) is 33.1 Å². The molecule has 4 nitrogen and oxygen atoms in total. The van der Waals surface area contributed by atoms with Crippen molar-refractivity contribution in [1.29, 1.82) is 0 Å². The van der Waals surface area contributed by atoms with Gasteiger partial charge in [0.25, 0.3) is 0 Å². The molecule has 1 fully saturated rings. The largest absolute Gasteiger partial charge is 0.473 e. The number of ether oxygens (including phenoxy) is 1. The van der Waals surface area contributed by atoms with Crippen molar-refractivity contribution in [2.24, 2.45) is 5.92 Å². The third-order valence-corrected chi connectivity index (χ3v) is 3.88. The van der Waals surface area contributed by atoms with Gasteiger partial charge in [0.1, 0.15) is 5.75 Å². The number of nitrogens with zero attached hydrogens (tertiary/aromatic N) is 1. The van der Waals surface area contributed by atoms with Crippen LogP contribution in [-0.2, 0) is 6.42 Å². The maximum atomic E-state index is 12.0. The number of benzene rings is 1. The molecule has 110 valence electrons. The van der Waals surface area contributed by atoms with Crippen molar-refractivity contribution < 1.29 is 9.53 Å². The molecule has 1 heterocycles. The fraction of sp³-hybridized carbons (Fsp3) is 0.562. The molecule has 20 heavy (non-hydrogen) atoms. The van der Waals surface area contributed by atoms with Crippen LogP contribution in [0.2, 0.25) is 0 Å². The van der Waals surface area contributed by atoms with Gasteiger partial charge in [-0.15, -0.1) is 0 Å². The molecule has 2 amide bonds. The number of carbonyl (C=O) groups is 1. The predicted octanol–water partition coefficient (Wildman–Crippen LogP) is 3.03. The van der Waals surface area contributed by atoms with Gasteiger partial charge in [0.2, 0.25) is 0 Å². The van der Waals surface area contributed by atoms with Crippen molar-refractivity contribution >= 4 is 6.03 Å². The van der Waals surface area contributed by atoms with Gasteiger partial charge in [-0.25, -0.2) is 4.79 Å². The van der Waals surface area contributed by atoms with Crippen LogP contribution in [-0.4, -0.2) is 30.8 Å². The SMILES string of the molecule is CCc1ccccc1OCNC(=O)N1CCC(C)CC1. The van der Waals surface area contributed by atoms with Crippen molar-refractivity contribution in [3.63, 3.8) is 0 Å². The molecular weight excluding hydrogens is 252 g/mol. The van der Waals surface area contributed by atoms with Gasteiger partial charge in [0.15, 0.2) is 6.73 Å². The van der Waals surface area contributed by atoms with Gasteiger partial charge in [-0.3, -0.25) is 0 Å². The molecule has 1 N–H and O–H groups in total. The molecule has 0 spiro atoms. The monoisotopic (exact) mass is 276 g/mol. The average molecular weight is 276 g/mol. The molecule has 0 unspecified atom stereocenters. The second kappa shape index (κ2) is 7.17. The van der Waals surface area contributed by atoms with E-state index < -0.39 is 0 Å². The Bertz CT molecular complexity index is 440. The molecule has 0 aliphatic carbocycles. The van der Waals surface area contributed by atoms with Crippen LogP contribution >= 0.6 is 0 Å². The number of aryl methyl sites for hydroxylation is 1. The van der Waals surface area contributed by atoms with E-state index in [0.29, 0.717) is 0 Å². The molecule has 1 aromatic rings. The highest BCUT2D eigenvalue weighted by Crippen LogP contribution is 2.18. The molecule has 1 aliphatic heterocycles. The van der Waals surface area contributed by atoms with Crippen LogP contribution in [0, 0.1) is 5.92 Å². The fourth-order valence-electron chi connectivity index (χ4n) is 2.44. The van der Waals surface area contributed by atoms with E-state index in [-0.39, 0.29) is 12.8 Å². The Hall–Kier alpha value is -1.71. The molecule has 0 aromatic heterocycles. The molecular formula is C16H24N2O2. The minimum Gasteiger partial charge on any atom is -0.473 e. The molecule has 2 rings (SSSR count). The first-order valence-corrected chi connectivity index (χ1v) is 7.44. The molecule has 1 aliphatic rings. The summed E-state index contributed by atoms with van der Waals surface area (Å²) >= 11 is 0. The summed E-state index contributed by atoms with van der Waals surface area (Å²) < 4.78 is 5.65. The number of piperidine rings is 1. The van der Waals surface area contributed by atoms with E-state index in [2.05, 4.69) is 19.2 Å². The Kier molecular flexibility index (Phi) is 5.27. The summed E-state index contributed by atoms with van der Waals surface area (Å²) in [4.78, 5) is 13.9. The van der Waals surface area contributed by atoms with E-state index in [0.717, 1.165) is 49.6 Å². The normalized spacial score (nSPS) is 16.0. The van der Waals surface area contributed by atoms with Gasteiger partial charge in [-0.2, -0.15) is 0 Å². The standard InChI is InChI=1S/C16H24N2O2/c1-3-14-6-4-5-7-15(14)20-12-17-16(19)18-10-8-13(2)9-11-18/h4-7,13H,3,8-12H2,1-2H3,(H,17,19). The first kappa shape index (κ1) is 14.7. The highest BCUT2D eigenvalue weighted by Gasteiger charge is 2.19. The lowest BCUT2D eigenvalue weighted by Gasteiger charge is -2.30. The number of hydrogen-bond acceptors (Lipinski definition) is 2. The minimum atomic E-state index is -0.0223. The third kappa shape index (κ3) is 3.89. The minimum absolute atomic E-state index is 0.0223. The van der Waals surface area contributed by atoms with Crippen LogP contribution in [0.1, 0.15) is 32.3 Å². The van der Waals surface area contributed by atoms with Gasteiger partial charge < -0.3 is 15.0 Å². The summed E-state index contributed by atoms with van der Waals surface area (Å²) in [6, 6.07) is 7.91. The lowest BCUT2D eigenvalue weighted by Crippen LogP contribution is -2.45. The number of carbonyl (C=O) groups excluding carboxylic acids is 1. The van der Waals surface area contributed by atoms with E-state index in [1.54, 1.807) is 0 Å².